The maximum atomic E-state index is 12.6. The minimum atomic E-state index is -4.38. The molecule has 1 aliphatic heterocycles. The second-order valence-corrected chi connectivity index (χ2v) is 9.25. The molecule has 1 atom stereocenters. The summed E-state index contributed by atoms with van der Waals surface area (Å²) in [5, 5.41) is 0. The van der Waals surface area contributed by atoms with E-state index >= 15 is 0 Å². The molecule has 2 heterocycles. The number of carbonyl (C=O) groups excluding carboxylic acids is 1. The van der Waals surface area contributed by atoms with Crippen molar-refractivity contribution in [2.75, 3.05) is 0 Å². The molecule has 4 nitrogen and oxygen atoms in total. The number of rotatable bonds is 5. The van der Waals surface area contributed by atoms with E-state index in [1.165, 1.54) is 16.4 Å². The number of hydrogen-bond donors (Lipinski definition) is 0. The summed E-state index contributed by atoms with van der Waals surface area (Å²) in [6.07, 6.45) is -0.0406. The molecular formula is C18H16F3NO3S2. The lowest BCUT2D eigenvalue weighted by molar-refractivity contribution is -0.137. The van der Waals surface area contributed by atoms with E-state index in [9.17, 15) is 26.4 Å². The molecule has 9 heteroatoms. The predicted octanol–water partition coefficient (Wildman–Crippen LogP) is 4.42. The molecular weight excluding hydrogens is 399 g/mol. The van der Waals surface area contributed by atoms with E-state index in [-0.39, 0.29) is 10.8 Å². The second kappa shape index (κ2) is 7.21. The number of thiophene rings is 1. The lowest BCUT2D eigenvalue weighted by Crippen LogP contribution is -2.36. The van der Waals surface area contributed by atoms with Crippen molar-refractivity contribution >= 4 is 39.8 Å². The van der Waals surface area contributed by atoms with Gasteiger partial charge >= 0.3 is 6.18 Å². The molecule has 1 unspecified atom stereocenters. The van der Waals surface area contributed by atoms with Crippen LogP contribution in [-0.2, 0) is 27.5 Å². The van der Waals surface area contributed by atoms with Gasteiger partial charge in [-0.2, -0.15) is 17.5 Å². The highest BCUT2D eigenvalue weighted by Crippen LogP contribution is 2.39. The molecule has 0 amide bonds. The average Bonchev–Trinajstić information content (AvgIpc) is 3.12. The van der Waals surface area contributed by atoms with Crippen LogP contribution in [-0.4, -0.2) is 25.1 Å². The molecule has 1 aromatic heterocycles. The van der Waals surface area contributed by atoms with Gasteiger partial charge in [-0.1, -0.05) is 25.1 Å². The number of nitrogens with zero attached hydrogens (tertiary/aromatic N) is 1. The molecule has 0 radical (unpaired) electrons. The highest BCUT2D eigenvalue weighted by Gasteiger charge is 2.40. The van der Waals surface area contributed by atoms with Gasteiger partial charge in [0.25, 0.3) is 10.0 Å². The SMILES string of the molecule is CCC(C=O)N1Cc2cc(C=Cc3ccc(C(F)(F)F)cc3)sc2S1(=O)=O. The van der Waals surface area contributed by atoms with E-state index in [1.54, 1.807) is 25.1 Å². The van der Waals surface area contributed by atoms with E-state index in [0.717, 1.165) is 23.5 Å². The maximum absolute atomic E-state index is 12.6. The molecule has 2 aromatic rings. The van der Waals surface area contributed by atoms with Crippen LogP contribution in [0.2, 0.25) is 0 Å². The Labute approximate surface area is 159 Å². The highest BCUT2D eigenvalue weighted by molar-refractivity contribution is 7.91. The first-order valence-electron chi connectivity index (χ1n) is 8.12. The van der Waals surface area contributed by atoms with Crippen LogP contribution in [0.25, 0.3) is 12.2 Å². The highest BCUT2D eigenvalue weighted by atomic mass is 32.2. The van der Waals surface area contributed by atoms with Crippen LogP contribution >= 0.6 is 11.3 Å². The Kier molecular flexibility index (Phi) is 5.29. The molecule has 0 N–H and O–H groups in total. The Bertz CT molecular complexity index is 976. The van der Waals surface area contributed by atoms with Crippen LogP contribution in [0.1, 0.15) is 34.9 Å². The van der Waals surface area contributed by atoms with E-state index < -0.39 is 27.8 Å². The van der Waals surface area contributed by atoms with Crippen molar-refractivity contribution in [3.63, 3.8) is 0 Å². The van der Waals surface area contributed by atoms with Crippen molar-refractivity contribution in [1.29, 1.82) is 0 Å². The van der Waals surface area contributed by atoms with Crippen molar-refractivity contribution in [2.45, 2.75) is 36.3 Å². The van der Waals surface area contributed by atoms with E-state index in [2.05, 4.69) is 0 Å². The minimum Gasteiger partial charge on any atom is -0.302 e. The zero-order valence-electron chi connectivity index (χ0n) is 14.2. The molecule has 0 aliphatic carbocycles. The molecule has 144 valence electrons. The van der Waals surface area contributed by atoms with Gasteiger partial charge < -0.3 is 4.79 Å². The van der Waals surface area contributed by atoms with Gasteiger partial charge in [-0.25, -0.2) is 8.42 Å². The molecule has 27 heavy (non-hydrogen) atoms. The minimum absolute atomic E-state index is 0.152. The zero-order chi connectivity index (χ0) is 19.8. The Balaban J connectivity index is 1.80. The van der Waals surface area contributed by atoms with Crippen molar-refractivity contribution < 1.29 is 26.4 Å². The van der Waals surface area contributed by atoms with Crippen LogP contribution in [0.4, 0.5) is 13.2 Å². The van der Waals surface area contributed by atoms with Gasteiger partial charge in [0.2, 0.25) is 0 Å². The van der Waals surface area contributed by atoms with Crippen molar-refractivity contribution in [3.05, 3.63) is 51.9 Å². The summed E-state index contributed by atoms with van der Waals surface area (Å²) in [4.78, 5) is 11.8. The summed E-state index contributed by atoms with van der Waals surface area (Å²) >= 11 is 1.09. The number of alkyl halides is 3. The Morgan fingerprint density at radius 1 is 1.22 bits per heavy atom. The van der Waals surface area contributed by atoms with Crippen LogP contribution in [0, 0.1) is 0 Å². The van der Waals surface area contributed by atoms with E-state index in [0.29, 0.717) is 28.7 Å². The molecule has 0 bridgehead atoms. The fourth-order valence-corrected chi connectivity index (χ4v) is 6.16. The Morgan fingerprint density at radius 3 is 2.41 bits per heavy atom. The summed E-state index contributed by atoms with van der Waals surface area (Å²) < 4.78 is 64.4. The number of halogens is 3. The van der Waals surface area contributed by atoms with Gasteiger partial charge in [-0.15, -0.1) is 11.3 Å². The number of carbonyl (C=O) groups is 1. The molecule has 0 fully saturated rings. The average molecular weight is 415 g/mol. The molecule has 0 saturated carbocycles. The van der Waals surface area contributed by atoms with Crippen molar-refractivity contribution in [3.8, 4) is 0 Å². The van der Waals surface area contributed by atoms with Gasteiger partial charge in [0, 0.05) is 11.4 Å². The van der Waals surface area contributed by atoms with Crippen LogP contribution in [0.5, 0.6) is 0 Å². The van der Waals surface area contributed by atoms with Crippen LogP contribution in [0.3, 0.4) is 0 Å². The maximum Gasteiger partial charge on any atom is 0.416 e. The van der Waals surface area contributed by atoms with Gasteiger partial charge in [-0.3, -0.25) is 0 Å². The molecule has 0 spiro atoms. The fourth-order valence-electron chi connectivity index (χ4n) is 2.83. The Hall–Kier alpha value is -1.97. The quantitative estimate of drug-likeness (QED) is 0.680. The summed E-state index contributed by atoms with van der Waals surface area (Å²) in [5.74, 6) is 0. The molecule has 3 rings (SSSR count). The Morgan fingerprint density at radius 2 is 1.89 bits per heavy atom. The molecule has 0 saturated heterocycles. The van der Waals surface area contributed by atoms with Gasteiger partial charge in [0.15, 0.2) is 0 Å². The normalized spacial score (nSPS) is 17.9. The topological polar surface area (TPSA) is 54.5 Å². The summed E-state index contributed by atoms with van der Waals surface area (Å²) in [6.45, 7) is 1.90. The lowest BCUT2D eigenvalue weighted by Gasteiger charge is -2.19. The van der Waals surface area contributed by atoms with Gasteiger partial charge in [-0.05, 0) is 41.8 Å². The fraction of sp³-hybridized carbons (Fsp3) is 0.278. The largest absolute Gasteiger partial charge is 0.416 e. The van der Waals surface area contributed by atoms with Crippen LogP contribution < -0.4 is 0 Å². The lowest BCUT2D eigenvalue weighted by atomic mass is 10.1. The second-order valence-electron chi connectivity index (χ2n) is 6.08. The third-order valence-electron chi connectivity index (χ3n) is 4.28. The first-order valence-corrected chi connectivity index (χ1v) is 10.4. The smallest absolute Gasteiger partial charge is 0.302 e. The van der Waals surface area contributed by atoms with Crippen molar-refractivity contribution in [1.82, 2.24) is 4.31 Å². The zero-order valence-corrected chi connectivity index (χ0v) is 15.9. The van der Waals surface area contributed by atoms with Crippen LogP contribution in [0.15, 0.2) is 34.5 Å². The van der Waals surface area contributed by atoms with Gasteiger partial charge in [0.1, 0.15) is 10.5 Å². The third kappa shape index (κ3) is 3.85. The molecule has 1 aliphatic rings. The van der Waals surface area contributed by atoms with Crippen molar-refractivity contribution in [2.24, 2.45) is 0 Å². The predicted molar refractivity (Wildman–Crippen MR) is 97.6 cm³/mol. The standard InChI is InChI=1S/C18H16F3NO3S2/c1-2-15(11-23)22-10-13-9-16(26-17(13)27(22,24)25)8-5-12-3-6-14(7-4-12)18(19,20)21/h3-9,11,15H,2,10H2,1H3. The summed E-state index contributed by atoms with van der Waals surface area (Å²) in [6, 6.07) is 5.77. The first-order chi connectivity index (χ1) is 12.7. The number of benzene rings is 1. The van der Waals surface area contributed by atoms with E-state index in [4.69, 9.17) is 0 Å². The van der Waals surface area contributed by atoms with Gasteiger partial charge in [0.05, 0.1) is 11.6 Å². The van der Waals surface area contributed by atoms with E-state index in [1.807, 2.05) is 0 Å². The molecule has 1 aromatic carbocycles. The number of hydrogen-bond acceptors (Lipinski definition) is 4. The number of fused-ring (bicyclic) bond motifs is 1. The first kappa shape index (κ1) is 19.8. The number of sulfonamides is 1. The summed E-state index contributed by atoms with van der Waals surface area (Å²) in [7, 11) is -3.69. The third-order valence-corrected chi connectivity index (χ3v) is 7.85. The number of aldehydes is 1. The monoisotopic (exact) mass is 415 g/mol. The summed E-state index contributed by atoms with van der Waals surface area (Å²) in [5.41, 5.74) is 0.488.